The Labute approximate surface area is 153 Å². The molecule has 0 fully saturated rings. The summed E-state index contributed by atoms with van der Waals surface area (Å²) in [7, 11) is -3.62. The van der Waals surface area contributed by atoms with E-state index < -0.39 is 10.0 Å². The number of nitrogens with zero attached hydrogens (tertiary/aromatic N) is 1. The summed E-state index contributed by atoms with van der Waals surface area (Å²) in [4.78, 5) is 0.273. The Morgan fingerprint density at radius 3 is 2.54 bits per heavy atom. The molecular weight excluding hydrogens is 351 g/mol. The minimum absolute atomic E-state index is 0.136. The molecule has 0 aliphatic heterocycles. The average Bonchev–Trinajstić information content (AvgIpc) is 3.02. The molecule has 6 heteroatoms. The second-order valence-electron chi connectivity index (χ2n) is 6.31. The molecule has 136 valence electrons. The number of aromatic nitrogens is 1. The van der Waals surface area contributed by atoms with Gasteiger partial charge in [0.15, 0.2) is 0 Å². The lowest BCUT2D eigenvalue weighted by molar-refractivity contribution is 0.574. The minimum Gasteiger partial charge on any atom is -0.346 e. The average molecular weight is 372 g/mol. The van der Waals surface area contributed by atoms with Crippen molar-refractivity contribution in [2.45, 2.75) is 31.8 Å². The van der Waals surface area contributed by atoms with Gasteiger partial charge in [-0.25, -0.2) is 17.5 Å². The van der Waals surface area contributed by atoms with Gasteiger partial charge in [0, 0.05) is 17.5 Å². The van der Waals surface area contributed by atoms with E-state index in [4.69, 9.17) is 0 Å². The second kappa shape index (κ2) is 7.43. The van der Waals surface area contributed by atoms with E-state index >= 15 is 0 Å². The van der Waals surface area contributed by atoms with Crippen LogP contribution < -0.4 is 4.72 Å². The molecule has 1 heterocycles. The third kappa shape index (κ3) is 4.03. The largest absolute Gasteiger partial charge is 0.346 e. The summed E-state index contributed by atoms with van der Waals surface area (Å²) < 4.78 is 43.5. The van der Waals surface area contributed by atoms with Crippen molar-refractivity contribution in [1.82, 2.24) is 9.29 Å². The number of hydrogen-bond acceptors (Lipinski definition) is 2. The molecule has 2 aromatic carbocycles. The maximum Gasteiger partial charge on any atom is 0.241 e. The van der Waals surface area contributed by atoms with E-state index in [0.717, 1.165) is 11.3 Å². The molecule has 0 aliphatic carbocycles. The number of rotatable bonds is 6. The maximum atomic E-state index is 13.9. The Kier molecular flexibility index (Phi) is 5.25. The summed E-state index contributed by atoms with van der Waals surface area (Å²) in [6.07, 6.45) is 1.81. The van der Waals surface area contributed by atoms with Crippen molar-refractivity contribution in [3.63, 3.8) is 0 Å². The highest BCUT2D eigenvalue weighted by molar-refractivity contribution is 7.89. The van der Waals surface area contributed by atoms with Crippen LogP contribution in [-0.2, 0) is 23.1 Å². The molecule has 26 heavy (non-hydrogen) atoms. The lowest BCUT2D eigenvalue weighted by atomic mass is 10.2. The van der Waals surface area contributed by atoms with E-state index in [0.29, 0.717) is 17.7 Å². The molecular formula is C20H21FN2O2S. The molecule has 1 aromatic heterocycles. The Balaban J connectivity index is 1.76. The second-order valence-corrected chi connectivity index (χ2v) is 8.05. The standard InChI is InChI=1S/C20H21FN2O2S/c1-15-9-10-20(16(2)12-15)26(24,25)22-13-18-7-5-11-23(18)14-17-6-3-4-8-19(17)21/h3-12,22H,13-14H2,1-2H3. The van der Waals surface area contributed by atoms with Crippen LogP contribution in [0.1, 0.15) is 22.4 Å². The summed E-state index contributed by atoms with van der Waals surface area (Å²) in [6, 6.07) is 15.5. The fourth-order valence-electron chi connectivity index (χ4n) is 2.92. The van der Waals surface area contributed by atoms with Crippen molar-refractivity contribution in [3.8, 4) is 0 Å². The Morgan fingerprint density at radius 2 is 1.81 bits per heavy atom. The maximum absolute atomic E-state index is 13.9. The summed E-state index contributed by atoms with van der Waals surface area (Å²) >= 11 is 0. The molecule has 0 spiro atoms. The summed E-state index contributed by atoms with van der Waals surface area (Å²) in [5.74, 6) is -0.275. The van der Waals surface area contributed by atoms with Gasteiger partial charge in [0.05, 0.1) is 18.0 Å². The third-order valence-electron chi connectivity index (χ3n) is 4.29. The van der Waals surface area contributed by atoms with Crippen LogP contribution in [0.3, 0.4) is 0 Å². The zero-order valence-corrected chi connectivity index (χ0v) is 15.6. The van der Waals surface area contributed by atoms with E-state index in [2.05, 4.69) is 4.72 Å². The van der Waals surface area contributed by atoms with Gasteiger partial charge in [-0.05, 0) is 43.7 Å². The van der Waals surface area contributed by atoms with Crippen LogP contribution in [0.2, 0.25) is 0 Å². The Bertz CT molecular complexity index is 1030. The van der Waals surface area contributed by atoms with Crippen LogP contribution in [0, 0.1) is 19.7 Å². The van der Waals surface area contributed by atoms with Gasteiger partial charge in [-0.1, -0.05) is 35.9 Å². The molecule has 0 aliphatic rings. The van der Waals surface area contributed by atoms with Crippen LogP contribution in [0.4, 0.5) is 4.39 Å². The van der Waals surface area contributed by atoms with Gasteiger partial charge in [0.1, 0.15) is 5.82 Å². The highest BCUT2D eigenvalue weighted by atomic mass is 32.2. The topological polar surface area (TPSA) is 51.1 Å². The van der Waals surface area contributed by atoms with Crippen molar-refractivity contribution in [2.75, 3.05) is 0 Å². The molecule has 0 bridgehead atoms. The molecule has 0 saturated carbocycles. The predicted molar refractivity (Wildman–Crippen MR) is 99.9 cm³/mol. The first kappa shape index (κ1) is 18.4. The van der Waals surface area contributed by atoms with Crippen molar-refractivity contribution < 1.29 is 12.8 Å². The van der Waals surface area contributed by atoms with E-state index in [1.165, 1.54) is 6.07 Å². The molecule has 3 rings (SSSR count). The van der Waals surface area contributed by atoms with Crippen molar-refractivity contribution in [3.05, 3.63) is 89.0 Å². The zero-order valence-electron chi connectivity index (χ0n) is 14.7. The highest BCUT2D eigenvalue weighted by Gasteiger charge is 2.17. The van der Waals surface area contributed by atoms with Crippen molar-refractivity contribution in [2.24, 2.45) is 0 Å². The van der Waals surface area contributed by atoms with Gasteiger partial charge >= 0.3 is 0 Å². The van der Waals surface area contributed by atoms with Crippen LogP contribution in [0.25, 0.3) is 0 Å². The molecule has 0 radical (unpaired) electrons. The fraction of sp³-hybridized carbons (Fsp3) is 0.200. The van der Waals surface area contributed by atoms with Crippen LogP contribution in [0.15, 0.2) is 65.7 Å². The summed E-state index contributed by atoms with van der Waals surface area (Å²) in [5.41, 5.74) is 3.04. The monoisotopic (exact) mass is 372 g/mol. The molecule has 3 aromatic rings. The molecule has 4 nitrogen and oxygen atoms in total. The van der Waals surface area contributed by atoms with Gasteiger partial charge in [-0.2, -0.15) is 0 Å². The van der Waals surface area contributed by atoms with Gasteiger partial charge in [0.2, 0.25) is 10.0 Å². The van der Waals surface area contributed by atoms with E-state index in [1.807, 2.05) is 35.9 Å². The number of hydrogen-bond donors (Lipinski definition) is 1. The smallest absolute Gasteiger partial charge is 0.241 e. The van der Waals surface area contributed by atoms with Crippen LogP contribution in [0.5, 0.6) is 0 Å². The normalized spacial score (nSPS) is 11.7. The van der Waals surface area contributed by atoms with Crippen LogP contribution >= 0.6 is 0 Å². The fourth-order valence-corrected chi connectivity index (χ4v) is 4.15. The first-order valence-corrected chi connectivity index (χ1v) is 9.79. The first-order chi connectivity index (χ1) is 12.4. The Hall–Kier alpha value is -2.44. The van der Waals surface area contributed by atoms with Gasteiger partial charge < -0.3 is 4.57 Å². The third-order valence-corrected chi connectivity index (χ3v) is 5.85. The highest BCUT2D eigenvalue weighted by Crippen LogP contribution is 2.17. The van der Waals surface area contributed by atoms with Crippen LogP contribution in [-0.4, -0.2) is 13.0 Å². The van der Waals surface area contributed by atoms with Crippen molar-refractivity contribution >= 4 is 10.0 Å². The zero-order chi connectivity index (χ0) is 18.7. The van der Waals surface area contributed by atoms with E-state index in [9.17, 15) is 12.8 Å². The SMILES string of the molecule is Cc1ccc(S(=O)(=O)NCc2cccn2Cc2ccccc2F)c(C)c1. The molecule has 0 atom stereocenters. The molecule has 0 amide bonds. The quantitative estimate of drug-likeness (QED) is 0.716. The molecule has 0 saturated heterocycles. The first-order valence-electron chi connectivity index (χ1n) is 8.31. The molecule has 0 unspecified atom stereocenters. The lowest BCUT2D eigenvalue weighted by Gasteiger charge is -2.13. The van der Waals surface area contributed by atoms with Gasteiger partial charge in [-0.3, -0.25) is 0 Å². The predicted octanol–water partition coefficient (Wildman–Crippen LogP) is 3.77. The molecule has 1 N–H and O–H groups in total. The number of aryl methyl sites for hydroxylation is 2. The van der Waals surface area contributed by atoms with Gasteiger partial charge in [0.25, 0.3) is 0 Å². The minimum atomic E-state index is -3.62. The summed E-state index contributed by atoms with van der Waals surface area (Å²) in [5, 5.41) is 0. The number of sulfonamides is 1. The number of benzene rings is 2. The Morgan fingerprint density at radius 1 is 1.04 bits per heavy atom. The van der Waals surface area contributed by atoms with Gasteiger partial charge in [-0.15, -0.1) is 0 Å². The lowest BCUT2D eigenvalue weighted by Crippen LogP contribution is -2.25. The number of nitrogens with one attached hydrogen (secondary N) is 1. The van der Waals surface area contributed by atoms with E-state index in [1.54, 1.807) is 37.3 Å². The van der Waals surface area contributed by atoms with Crippen molar-refractivity contribution in [1.29, 1.82) is 0 Å². The van der Waals surface area contributed by atoms with E-state index in [-0.39, 0.29) is 17.3 Å². The number of halogens is 1. The summed E-state index contributed by atoms with van der Waals surface area (Å²) in [6.45, 7) is 4.19.